The van der Waals surface area contributed by atoms with Gasteiger partial charge in [0.1, 0.15) is 0 Å². The molecule has 1 saturated heterocycles. The maximum atomic E-state index is 12.0. The Balaban J connectivity index is 0.00000400. The monoisotopic (exact) mass is 340 g/mol. The number of hydrogen-bond acceptors (Lipinski definition) is 4. The highest BCUT2D eigenvalue weighted by molar-refractivity contribution is 7.91. The van der Waals surface area contributed by atoms with Crippen molar-refractivity contribution in [3.63, 3.8) is 0 Å². The molecule has 1 amide bonds. The molecule has 2 unspecified atom stereocenters. The van der Waals surface area contributed by atoms with Crippen molar-refractivity contribution < 1.29 is 13.2 Å². The van der Waals surface area contributed by atoms with Crippen LogP contribution in [0.3, 0.4) is 0 Å². The van der Waals surface area contributed by atoms with Crippen molar-refractivity contribution in [1.82, 2.24) is 10.6 Å². The molecule has 0 radical (unpaired) electrons. The largest absolute Gasteiger partial charge is 0.353 e. The molecule has 0 spiro atoms. The van der Waals surface area contributed by atoms with Crippen LogP contribution in [0.5, 0.6) is 0 Å². The lowest BCUT2D eigenvalue weighted by atomic mass is 9.84. The lowest BCUT2D eigenvalue weighted by Crippen LogP contribution is -2.39. The zero-order chi connectivity index (χ0) is 15.2. The second-order valence-electron chi connectivity index (χ2n) is 5.94. The van der Waals surface area contributed by atoms with E-state index in [9.17, 15) is 13.2 Å². The zero-order valence-corrected chi connectivity index (χ0v) is 14.9. The Morgan fingerprint density at radius 1 is 1.29 bits per heavy atom. The minimum atomic E-state index is -3.04. The molecule has 2 N–H and O–H groups in total. The lowest BCUT2D eigenvalue weighted by molar-refractivity contribution is -0.122. The molecular formula is C14H29ClN2O3S. The van der Waals surface area contributed by atoms with Gasteiger partial charge in [-0.05, 0) is 44.7 Å². The summed E-state index contributed by atoms with van der Waals surface area (Å²) in [6.07, 6.45) is 2.73. The van der Waals surface area contributed by atoms with E-state index < -0.39 is 9.84 Å². The van der Waals surface area contributed by atoms with Crippen LogP contribution in [0.4, 0.5) is 0 Å². The normalized spacial score (nSPS) is 19.4. The van der Waals surface area contributed by atoms with Crippen molar-refractivity contribution in [1.29, 1.82) is 0 Å². The fourth-order valence-corrected chi connectivity index (χ4v) is 3.83. The summed E-state index contributed by atoms with van der Waals surface area (Å²) in [5.74, 6) is 1.06. The van der Waals surface area contributed by atoms with Gasteiger partial charge in [-0.2, -0.15) is 0 Å². The van der Waals surface area contributed by atoms with Crippen LogP contribution >= 0.6 is 12.4 Å². The van der Waals surface area contributed by atoms with E-state index in [1.54, 1.807) is 13.8 Å². The topological polar surface area (TPSA) is 75.3 Å². The van der Waals surface area contributed by atoms with E-state index in [2.05, 4.69) is 17.6 Å². The molecule has 1 heterocycles. The summed E-state index contributed by atoms with van der Waals surface area (Å²) in [6.45, 7) is 7.55. The van der Waals surface area contributed by atoms with Crippen molar-refractivity contribution in [2.75, 3.05) is 24.6 Å². The van der Waals surface area contributed by atoms with E-state index in [1.165, 1.54) is 0 Å². The molecule has 0 bridgehead atoms. The van der Waals surface area contributed by atoms with Crippen LogP contribution in [0, 0.1) is 11.8 Å². The first kappa shape index (κ1) is 20.7. The number of hydrogen-bond donors (Lipinski definition) is 2. The summed E-state index contributed by atoms with van der Waals surface area (Å²) in [5.41, 5.74) is 0. The summed E-state index contributed by atoms with van der Waals surface area (Å²) < 4.78 is 23.0. The SMILES string of the molecule is CCS(=O)(=O)CC(C)NC(=O)CC(C)C1CCNCC1.Cl. The summed E-state index contributed by atoms with van der Waals surface area (Å²) in [7, 11) is -3.04. The van der Waals surface area contributed by atoms with Gasteiger partial charge < -0.3 is 10.6 Å². The van der Waals surface area contributed by atoms with Gasteiger partial charge in [-0.25, -0.2) is 8.42 Å². The van der Waals surface area contributed by atoms with Gasteiger partial charge in [0.05, 0.1) is 5.75 Å². The molecule has 2 atom stereocenters. The fourth-order valence-electron chi connectivity index (χ4n) is 2.75. The Morgan fingerprint density at radius 3 is 2.38 bits per heavy atom. The molecule has 0 aromatic heterocycles. The number of rotatable bonds is 7. The van der Waals surface area contributed by atoms with Gasteiger partial charge >= 0.3 is 0 Å². The average molecular weight is 341 g/mol. The van der Waals surface area contributed by atoms with Crippen LogP contribution in [-0.4, -0.2) is 45.0 Å². The number of halogens is 1. The van der Waals surface area contributed by atoms with Gasteiger partial charge in [-0.15, -0.1) is 12.4 Å². The molecule has 126 valence electrons. The molecule has 21 heavy (non-hydrogen) atoms. The van der Waals surface area contributed by atoms with Gasteiger partial charge in [0, 0.05) is 18.2 Å². The molecule has 5 nitrogen and oxygen atoms in total. The minimum Gasteiger partial charge on any atom is -0.353 e. The van der Waals surface area contributed by atoms with E-state index in [0.717, 1.165) is 25.9 Å². The van der Waals surface area contributed by atoms with Crippen LogP contribution in [0.1, 0.15) is 40.0 Å². The number of sulfone groups is 1. The molecular weight excluding hydrogens is 312 g/mol. The van der Waals surface area contributed by atoms with E-state index in [-0.39, 0.29) is 35.9 Å². The smallest absolute Gasteiger partial charge is 0.220 e. The van der Waals surface area contributed by atoms with Gasteiger partial charge in [0.25, 0.3) is 0 Å². The highest BCUT2D eigenvalue weighted by Gasteiger charge is 2.23. The van der Waals surface area contributed by atoms with E-state index in [1.807, 2.05) is 0 Å². The molecule has 0 aromatic rings. The fraction of sp³-hybridized carbons (Fsp3) is 0.929. The number of amides is 1. The Kier molecular flexibility index (Phi) is 9.49. The third-order valence-corrected chi connectivity index (χ3v) is 5.93. The second kappa shape index (κ2) is 9.64. The van der Waals surface area contributed by atoms with Gasteiger partial charge in [0.15, 0.2) is 9.84 Å². The van der Waals surface area contributed by atoms with Crippen LogP contribution in [0.25, 0.3) is 0 Å². The minimum absolute atomic E-state index is 0. The molecule has 1 aliphatic rings. The molecule has 0 aliphatic carbocycles. The summed E-state index contributed by atoms with van der Waals surface area (Å²) in [5, 5.41) is 6.13. The number of piperidine rings is 1. The van der Waals surface area contributed by atoms with E-state index in [4.69, 9.17) is 0 Å². The predicted molar refractivity (Wildman–Crippen MR) is 88.6 cm³/mol. The van der Waals surface area contributed by atoms with Crippen molar-refractivity contribution in [3.05, 3.63) is 0 Å². The van der Waals surface area contributed by atoms with Crippen molar-refractivity contribution in [3.8, 4) is 0 Å². The Labute approximate surface area is 135 Å². The highest BCUT2D eigenvalue weighted by atomic mass is 35.5. The Bertz CT molecular complexity index is 408. The van der Waals surface area contributed by atoms with Crippen molar-refractivity contribution >= 4 is 28.2 Å². The maximum Gasteiger partial charge on any atom is 0.220 e. The third kappa shape index (κ3) is 8.02. The van der Waals surface area contributed by atoms with Crippen LogP contribution in [0.15, 0.2) is 0 Å². The van der Waals surface area contributed by atoms with Crippen LogP contribution in [-0.2, 0) is 14.6 Å². The molecule has 0 aromatic carbocycles. The Morgan fingerprint density at radius 2 is 1.86 bits per heavy atom. The van der Waals surface area contributed by atoms with Crippen LogP contribution < -0.4 is 10.6 Å². The van der Waals surface area contributed by atoms with E-state index >= 15 is 0 Å². The second-order valence-corrected chi connectivity index (χ2v) is 8.33. The zero-order valence-electron chi connectivity index (χ0n) is 13.2. The van der Waals surface area contributed by atoms with Crippen molar-refractivity contribution in [2.24, 2.45) is 11.8 Å². The third-order valence-electron chi connectivity index (χ3n) is 4.05. The van der Waals surface area contributed by atoms with E-state index in [0.29, 0.717) is 18.3 Å². The quantitative estimate of drug-likeness (QED) is 0.734. The first-order valence-electron chi connectivity index (χ1n) is 7.54. The maximum absolute atomic E-state index is 12.0. The van der Waals surface area contributed by atoms with Gasteiger partial charge in [-0.3, -0.25) is 4.79 Å². The predicted octanol–water partition coefficient (Wildman–Crippen LogP) is 1.37. The van der Waals surface area contributed by atoms with Gasteiger partial charge in [0.2, 0.25) is 5.91 Å². The first-order chi connectivity index (χ1) is 9.34. The summed E-state index contributed by atoms with van der Waals surface area (Å²) in [6, 6.07) is -0.312. The van der Waals surface area contributed by atoms with Crippen LogP contribution in [0.2, 0.25) is 0 Å². The molecule has 0 saturated carbocycles. The average Bonchev–Trinajstić information content (AvgIpc) is 2.38. The summed E-state index contributed by atoms with van der Waals surface area (Å²) >= 11 is 0. The molecule has 1 rings (SSSR count). The molecule has 1 fully saturated rings. The molecule has 1 aliphatic heterocycles. The van der Waals surface area contributed by atoms with Gasteiger partial charge in [-0.1, -0.05) is 13.8 Å². The number of carbonyl (C=O) groups excluding carboxylic acids is 1. The van der Waals surface area contributed by atoms with Crippen molar-refractivity contribution in [2.45, 2.75) is 46.1 Å². The Hall–Kier alpha value is -0.330. The molecule has 7 heteroatoms. The number of carbonyl (C=O) groups is 1. The standard InChI is InChI=1S/C14H28N2O3S.ClH/c1-4-20(18,19)10-12(3)16-14(17)9-11(2)13-5-7-15-8-6-13;/h11-13,15H,4-10H2,1-3H3,(H,16,17);1H. The summed E-state index contributed by atoms with van der Waals surface area (Å²) in [4.78, 5) is 12.0. The first-order valence-corrected chi connectivity index (χ1v) is 9.36. The lowest BCUT2D eigenvalue weighted by Gasteiger charge is -2.28. The highest BCUT2D eigenvalue weighted by Crippen LogP contribution is 2.24. The number of nitrogens with one attached hydrogen (secondary N) is 2.